The largest absolute Gasteiger partial charge is 0.396 e. The van der Waals surface area contributed by atoms with Crippen molar-refractivity contribution in [1.82, 2.24) is 4.57 Å². The van der Waals surface area contributed by atoms with Gasteiger partial charge in [0.15, 0.2) is 0 Å². The van der Waals surface area contributed by atoms with E-state index in [1.165, 1.54) is 0 Å². The highest BCUT2D eigenvalue weighted by atomic mass is 35.5. The van der Waals surface area contributed by atoms with Crippen LogP contribution in [0.25, 0.3) is 0 Å². The highest BCUT2D eigenvalue weighted by molar-refractivity contribution is 6.35. The fourth-order valence-corrected chi connectivity index (χ4v) is 3.07. The Morgan fingerprint density at radius 2 is 1.88 bits per heavy atom. The Hall–Kier alpha value is -2.74. The van der Waals surface area contributed by atoms with Crippen molar-refractivity contribution in [3.8, 4) is 6.07 Å². The van der Waals surface area contributed by atoms with Gasteiger partial charge in [0.2, 0.25) is 5.78 Å². The first-order chi connectivity index (χ1) is 12.0. The van der Waals surface area contributed by atoms with Crippen LogP contribution in [0.15, 0.2) is 54.7 Å². The molecule has 0 atom stereocenters. The van der Waals surface area contributed by atoms with Crippen molar-refractivity contribution in [2.24, 2.45) is 0 Å². The molecule has 3 aromatic rings. The van der Waals surface area contributed by atoms with Gasteiger partial charge in [0.05, 0.1) is 11.3 Å². The zero-order chi connectivity index (χ0) is 18.0. The number of halogens is 2. The number of ketones is 1. The van der Waals surface area contributed by atoms with E-state index < -0.39 is 0 Å². The van der Waals surface area contributed by atoms with E-state index in [1.807, 2.05) is 12.1 Å². The number of nitrogens with zero attached hydrogens (tertiary/aromatic N) is 2. The fourth-order valence-electron chi connectivity index (χ4n) is 2.60. The van der Waals surface area contributed by atoms with E-state index in [-0.39, 0.29) is 22.7 Å². The first kappa shape index (κ1) is 17.1. The summed E-state index contributed by atoms with van der Waals surface area (Å²) in [5.74, 6) is -0.246. The third-order valence-electron chi connectivity index (χ3n) is 3.84. The minimum absolute atomic E-state index is 0.168. The molecule has 0 bridgehead atoms. The molecule has 2 N–H and O–H groups in total. The summed E-state index contributed by atoms with van der Waals surface area (Å²) in [4.78, 5) is 12.9. The lowest BCUT2D eigenvalue weighted by Gasteiger charge is -2.11. The Balaban J connectivity index is 2.08. The summed E-state index contributed by atoms with van der Waals surface area (Å²) in [6, 6.07) is 16.0. The lowest BCUT2D eigenvalue weighted by molar-refractivity contribution is 0.103. The summed E-state index contributed by atoms with van der Waals surface area (Å²) in [5.41, 5.74) is 8.02. The van der Waals surface area contributed by atoms with Crippen LogP contribution in [0.5, 0.6) is 0 Å². The number of carbonyl (C=O) groups is 1. The molecule has 4 nitrogen and oxygen atoms in total. The summed E-state index contributed by atoms with van der Waals surface area (Å²) < 4.78 is 1.65. The molecule has 0 aliphatic rings. The number of aromatic nitrogens is 1. The number of rotatable bonds is 4. The van der Waals surface area contributed by atoms with Crippen LogP contribution in [0.2, 0.25) is 10.0 Å². The van der Waals surface area contributed by atoms with Gasteiger partial charge in [-0.3, -0.25) is 4.79 Å². The molecule has 124 valence electrons. The van der Waals surface area contributed by atoms with Gasteiger partial charge in [-0.1, -0.05) is 59.6 Å². The predicted octanol–water partition coefficient (Wildman–Crippen LogP) is 4.53. The Kier molecular flexibility index (Phi) is 4.80. The van der Waals surface area contributed by atoms with Crippen molar-refractivity contribution in [3.63, 3.8) is 0 Å². The van der Waals surface area contributed by atoms with Crippen molar-refractivity contribution in [3.05, 3.63) is 87.2 Å². The zero-order valence-corrected chi connectivity index (χ0v) is 14.6. The van der Waals surface area contributed by atoms with Crippen molar-refractivity contribution < 1.29 is 4.79 Å². The predicted molar refractivity (Wildman–Crippen MR) is 99.0 cm³/mol. The standard InChI is InChI=1S/C19H13Cl2N3O/c20-15-7-6-13(16(21)8-15)10-24-11-14(9-22)17(23)18(24)19(25)12-4-2-1-3-5-12/h1-8,11H,10,23H2. The zero-order valence-electron chi connectivity index (χ0n) is 13.0. The molecule has 3 rings (SSSR count). The molecular formula is C19H13Cl2N3O. The van der Waals surface area contributed by atoms with Crippen molar-refractivity contribution in [2.45, 2.75) is 6.54 Å². The lowest BCUT2D eigenvalue weighted by Crippen LogP contribution is -2.12. The van der Waals surface area contributed by atoms with Crippen molar-refractivity contribution in [1.29, 1.82) is 5.26 Å². The first-order valence-electron chi connectivity index (χ1n) is 7.43. The van der Waals surface area contributed by atoms with E-state index in [9.17, 15) is 10.1 Å². The van der Waals surface area contributed by atoms with Crippen LogP contribution in [-0.4, -0.2) is 10.4 Å². The van der Waals surface area contributed by atoms with Crippen LogP contribution < -0.4 is 5.73 Å². The molecule has 0 amide bonds. The van der Waals surface area contributed by atoms with Gasteiger partial charge in [-0.2, -0.15) is 5.26 Å². The summed E-state index contributed by atoms with van der Waals surface area (Å²) >= 11 is 12.2. The van der Waals surface area contributed by atoms with Gasteiger partial charge in [0.25, 0.3) is 0 Å². The first-order valence-corrected chi connectivity index (χ1v) is 8.19. The molecule has 0 fully saturated rings. The highest BCUT2D eigenvalue weighted by Crippen LogP contribution is 2.27. The Morgan fingerprint density at radius 1 is 1.16 bits per heavy atom. The number of anilines is 1. The van der Waals surface area contributed by atoms with Crippen LogP contribution >= 0.6 is 23.2 Å². The normalized spacial score (nSPS) is 10.4. The summed E-state index contributed by atoms with van der Waals surface area (Å²) in [6.07, 6.45) is 1.57. The molecule has 0 spiro atoms. The number of benzene rings is 2. The maximum absolute atomic E-state index is 12.9. The van der Waals surface area contributed by atoms with Crippen LogP contribution in [-0.2, 0) is 6.54 Å². The second kappa shape index (κ2) is 7.02. The van der Waals surface area contributed by atoms with E-state index in [2.05, 4.69) is 0 Å². The fraction of sp³-hybridized carbons (Fsp3) is 0.0526. The number of hydrogen-bond donors (Lipinski definition) is 1. The maximum Gasteiger partial charge on any atom is 0.211 e. The van der Waals surface area contributed by atoms with Gasteiger partial charge in [0.1, 0.15) is 11.8 Å². The molecule has 0 unspecified atom stereocenters. The van der Waals surface area contributed by atoms with Gasteiger partial charge in [-0.15, -0.1) is 0 Å². The number of nitriles is 1. The van der Waals surface area contributed by atoms with E-state index in [4.69, 9.17) is 28.9 Å². The van der Waals surface area contributed by atoms with Gasteiger partial charge in [-0.05, 0) is 17.7 Å². The van der Waals surface area contributed by atoms with Crippen LogP contribution in [0, 0.1) is 11.3 Å². The number of nitrogens with two attached hydrogens (primary N) is 1. The van der Waals surface area contributed by atoms with Crippen LogP contribution in [0.3, 0.4) is 0 Å². The molecular weight excluding hydrogens is 357 g/mol. The second-order valence-electron chi connectivity index (χ2n) is 5.48. The van der Waals surface area contributed by atoms with Crippen molar-refractivity contribution >= 4 is 34.7 Å². The molecule has 1 aromatic heterocycles. The molecule has 25 heavy (non-hydrogen) atoms. The highest BCUT2D eigenvalue weighted by Gasteiger charge is 2.21. The average Bonchev–Trinajstić information content (AvgIpc) is 2.93. The van der Waals surface area contributed by atoms with E-state index in [0.29, 0.717) is 22.2 Å². The van der Waals surface area contributed by atoms with Gasteiger partial charge < -0.3 is 10.3 Å². The summed E-state index contributed by atoms with van der Waals surface area (Å²) in [6.45, 7) is 0.301. The summed E-state index contributed by atoms with van der Waals surface area (Å²) in [5, 5.41) is 10.3. The van der Waals surface area contributed by atoms with Crippen molar-refractivity contribution in [2.75, 3.05) is 5.73 Å². The lowest BCUT2D eigenvalue weighted by atomic mass is 10.1. The van der Waals surface area contributed by atoms with Crippen LogP contribution in [0.4, 0.5) is 5.69 Å². The SMILES string of the molecule is N#Cc1cn(Cc2ccc(Cl)cc2Cl)c(C(=O)c2ccccc2)c1N. The molecule has 0 aliphatic carbocycles. The molecule has 0 radical (unpaired) electrons. The summed E-state index contributed by atoms with van der Waals surface area (Å²) in [7, 11) is 0. The molecule has 0 saturated carbocycles. The number of hydrogen-bond acceptors (Lipinski definition) is 3. The van der Waals surface area contributed by atoms with Gasteiger partial charge in [0, 0.05) is 28.4 Å². The molecule has 2 aromatic carbocycles. The van der Waals surface area contributed by atoms with Crippen LogP contribution in [0.1, 0.15) is 27.2 Å². The second-order valence-corrected chi connectivity index (χ2v) is 6.32. The molecule has 0 saturated heterocycles. The molecule has 6 heteroatoms. The minimum atomic E-state index is -0.246. The number of nitrogen functional groups attached to an aromatic ring is 1. The maximum atomic E-state index is 12.9. The van der Waals surface area contributed by atoms with E-state index in [1.54, 1.807) is 53.2 Å². The monoisotopic (exact) mass is 369 g/mol. The molecule has 1 heterocycles. The Bertz CT molecular complexity index is 988. The third-order valence-corrected chi connectivity index (χ3v) is 4.43. The smallest absolute Gasteiger partial charge is 0.211 e. The Labute approximate surface area is 155 Å². The minimum Gasteiger partial charge on any atom is -0.396 e. The third kappa shape index (κ3) is 3.39. The molecule has 0 aliphatic heterocycles. The average molecular weight is 370 g/mol. The quantitative estimate of drug-likeness (QED) is 0.686. The number of carbonyl (C=O) groups excluding carboxylic acids is 1. The topological polar surface area (TPSA) is 71.8 Å². The van der Waals surface area contributed by atoms with E-state index >= 15 is 0 Å². The Morgan fingerprint density at radius 3 is 2.52 bits per heavy atom. The van der Waals surface area contributed by atoms with Gasteiger partial charge in [-0.25, -0.2) is 0 Å². The van der Waals surface area contributed by atoms with E-state index in [0.717, 1.165) is 5.56 Å². The van der Waals surface area contributed by atoms with Gasteiger partial charge >= 0.3 is 0 Å².